The minimum absolute atomic E-state index is 0.421. The topological polar surface area (TPSA) is 30.2 Å². The van der Waals surface area contributed by atoms with Crippen molar-refractivity contribution in [3.05, 3.63) is 46.3 Å². The van der Waals surface area contributed by atoms with Gasteiger partial charge >= 0.3 is 5.63 Å². The van der Waals surface area contributed by atoms with Crippen molar-refractivity contribution in [2.75, 3.05) is 0 Å². The standard InChI is InChI=1S/C13H6O2/c1-2-3-6-10-9-13(14)15-12-8-5-4-7-11(10)12/h1,4-5,7-9H. The Kier molecular flexibility index (Phi) is 2.27. The quantitative estimate of drug-likeness (QED) is 0.472. The van der Waals surface area contributed by atoms with Crippen molar-refractivity contribution in [1.29, 1.82) is 0 Å². The molecule has 0 aliphatic heterocycles. The van der Waals surface area contributed by atoms with Crippen LogP contribution in [0.25, 0.3) is 11.0 Å². The van der Waals surface area contributed by atoms with Crippen molar-refractivity contribution in [3.63, 3.8) is 0 Å². The lowest BCUT2D eigenvalue weighted by Gasteiger charge is -1.97. The second-order valence-corrected chi connectivity index (χ2v) is 2.87. The minimum atomic E-state index is -0.421. The van der Waals surface area contributed by atoms with Crippen molar-refractivity contribution < 1.29 is 4.42 Å². The van der Waals surface area contributed by atoms with Crippen LogP contribution in [-0.2, 0) is 0 Å². The summed E-state index contributed by atoms with van der Waals surface area (Å²) in [5.41, 5.74) is 0.696. The van der Waals surface area contributed by atoms with E-state index in [1.54, 1.807) is 12.1 Å². The first kappa shape index (κ1) is 9.12. The second kappa shape index (κ2) is 3.74. The van der Waals surface area contributed by atoms with Crippen molar-refractivity contribution in [1.82, 2.24) is 0 Å². The normalized spacial score (nSPS) is 9.00. The predicted octanol–water partition coefficient (Wildman–Crippen LogP) is 1.78. The van der Waals surface area contributed by atoms with Crippen LogP contribution >= 0.6 is 0 Å². The van der Waals surface area contributed by atoms with Gasteiger partial charge in [0, 0.05) is 17.0 Å². The number of para-hydroxylation sites is 1. The highest BCUT2D eigenvalue weighted by Gasteiger charge is 2.01. The Hall–Kier alpha value is -2.45. The number of terminal acetylenes is 1. The van der Waals surface area contributed by atoms with E-state index in [4.69, 9.17) is 10.8 Å². The first-order chi connectivity index (χ1) is 7.31. The van der Waals surface area contributed by atoms with Crippen molar-refractivity contribution in [2.24, 2.45) is 0 Å². The Bertz CT molecular complexity index is 660. The van der Waals surface area contributed by atoms with Crippen molar-refractivity contribution in [3.8, 4) is 24.2 Å². The third kappa shape index (κ3) is 1.75. The van der Waals surface area contributed by atoms with Crippen LogP contribution < -0.4 is 5.63 Å². The van der Waals surface area contributed by atoms with Gasteiger partial charge in [-0.05, 0) is 24.0 Å². The first-order valence-electron chi connectivity index (χ1n) is 4.31. The van der Waals surface area contributed by atoms with E-state index >= 15 is 0 Å². The monoisotopic (exact) mass is 194 g/mol. The third-order valence-electron chi connectivity index (χ3n) is 1.92. The Morgan fingerprint density at radius 1 is 1.27 bits per heavy atom. The van der Waals surface area contributed by atoms with Crippen molar-refractivity contribution >= 4 is 11.0 Å². The molecule has 0 fully saturated rings. The molecule has 2 aromatic rings. The van der Waals surface area contributed by atoms with Gasteiger partial charge in [0.05, 0.1) is 0 Å². The van der Waals surface area contributed by atoms with Gasteiger partial charge in [-0.25, -0.2) is 4.79 Å². The average Bonchev–Trinajstić information content (AvgIpc) is 2.25. The first-order valence-corrected chi connectivity index (χ1v) is 4.31. The zero-order valence-corrected chi connectivity index (χ0v) is 7.78. The molecule has 1 heterocycles. The summed E-state index contributed by atoms with van der Waals surface area (Å²) in [7, 11) is 0. The van der Waals surface area contributed by atoms with Gasteiger partial charge in [-0.3, -0.25) is 0 Å². The van der Waals surface area contributed by atoms with Gasteiger partial charge in [-0.15, -0.1) is 6.42 Å². The molecule has 0 radical (unpaired) electrons. The molecular formula is C13H6O2. The average molecular weight is 194 g/mol. The summed E-state index contributed by atoms with van der Waals surface area (Å²) in [6, 6.07) is 8.54. The van der Waals surface area contributed by atoms with Crippen LogP contribution in [0, 0.1) is 24.2 Å². The number of benzene rings is 1. The van der Waals surface area contributed by atoms with Crippen LogP contribution in [0.4, 0.5) is 0 Å². The summed E-state index contributed by atoms with van der Waals surface area (Å²) in [5.74, 6) is 7.42. The molecule has 0 unspecified atom stereocenters. The maximum Gasteiger partial charge on any atom is 0.337 e. The van der Waals surface area contributed by atoms with E-state index in [-0.39, 0.29) is 0 Å². The molecule has 0 atom stereocenters. The lowest BCUT2D eigenvalue weighted by atomic mass is 10.1. The number of hydrogen-bond acceptors (Lipinski definition) is 2. The zero-order chi connectivity index (χ0) is 10.7. The molecule has 15 heavy (non-hydrogen) atoms. The summed E-state index contributed by atoms with van der Waals surface area (Å²) in [6.07, 6.45) is 5.03. The molecule has 0 N–H and O–H groups in total. The number of rotatable bonds is 0. The fourth-order valence-corrected chi connectivity index (χ4v) is 1.32. The highest BCUT2D eigenvalue weighted by Crippen LogP contribution is 2.14. The maximum absolute atomic E-state index is 11.2. The Labute approximate surface area is 86.5 Å². The van der Waals surface area contributed by atoms with Crippen LogP contribution in [0.2, 0.25) is 0 Å². The summed E-state index contributed by atoms with van der Waals surface area (Å²) in [5, 5.41) is 0.792. The molecule has 0 amide bonds. The molecule has 2 heteroatoms. The Morgan fingerprint density at radius 2 is 2.07 bits per heavy atom. The molecule has 1 aromatic carbocycles. The fraction of sp³-hybridized carbons (Fsp3) is 0. The van der Waals surface area contributed by atoms with E-state index in [1.807, 2.05) is 12.1 Å². The molecule has 0 aliphatic rings. The van der Waals surface area contributed by atoms with E-state index in [0.29, 0.717) is 11.1 Å². The van der Waals surface area contributed by atoms with Crippen LogP contribution in [-0.4, -0.2) is 0 Å². The van der Waals surface area contributed by atoms with Gasteiger partial charge < -0.3 is 4.42 Å². The SMILES string of the molecule is C#CC#Cc1cc(=O)oc2ccccc12. The van der Waals surface area contributed by atoms with Gasteiger partial charge in [0.25, 0.3) is 0 Å². The van der Waals surface area contributed by atoms with Crippen LogP contribution in [0.1, 0.15) is 5.56 Å². The molecule has 70 valence electrons. The number of hydrogen-bond donors (Lipinski definition) is 0. The molecule has 0 saturated heterocycles. The highest BCUT2D eigenvalue weighted by molar-refractivity contribution is 5.83. The molecule has 0 spiro atoms. The Morgan fingerprint density at radius 3 is 2.87 bits per heavy atom. The molecule has 2 nitrogen and oxygen atoms in total. The predicted molar refractivity (Wildman–Crippen MR) is 58.2 cm³/mol. The van der Waals surface area contributed by atoms with E-state index in [0.717, 1.165) is 5.39 Å². The van der Waals surface area contributed by atoms with Crippen LogP contribution in [0.15, 0.2) is 39.5 Å². The van der Waals surface area contributed by atoms with E-state index in [2.05, 4.69) is 17.8 Å². The largest absolute Gasteiger partial charge is 0.423 e. The number of fused-ring (bicyclic) bond motifs is 1. The summed E-state index contributed by atoms with van der Waals surface area (Å²) >= 11 is 0. The van der Waals surface area contributed by atoms with Crippen LogP contribution in [0.3, 0.4) is 0 Å². The molecular weight excluding hydrogens is 188 g/mol. The molecule has 1 aromatic heterocycles. The van der Waals surface area contributed by atoms with Gasteiger partial charge in [-0.2, -0.15) is 0 Å². The minimum Gasteiger partial charge on any atom is -0.423 e. The molecule has 0 saturated carbocycles. The lowest BCUT2D eigenvalue weighted by molar-refractivity contribution is 0.560. The highest BCUT2D eigenvalue weighted by atomic mass is 16.4. The zero-order valence-electron chi connectivity index (χ0n) is 7.78. The van der Waals surface area contributed by atoms with Gasteiger partial charge in [-0.1, -0.05) is 18.1 Å². The summed E-state index contributed by atoms with van der Waals surface area (Å²) < 4.78 is 5.01. The van der Waals surface area contributed by atoms with E-state index in [1.165, 1.54) is 6.07 Å². The molecule has 2 rings (SSSR count). The molecule has 0 bridgehead atoms. The van der Waals surface area contributed by atoms with E-state index in [9.17, 15) is 4.79 Å². The lowest BCUT2D eigenvalue weighted by Crippen LogP contribution is -1.97. The van der Waals surface area contributed by atoms with Crippen molar-refractivity contribution in [2.45, 2.75) is 0 Å². The van der Waals surface area contributed by atoms with Gasteiger partial charge in [0.2, 0.25) is 0 Å². The second-order valence-electron chi connectivity index (χ2n) is 2.87. The van der Waals surface area contributed by atoms with Gasteiger partial charge in [0.1, 0.15) is 5.58 Å². The van der Waals surface area contributed by atoms with Crippen LogP contribution in [0.5, 0.6) is 0 Å². The Balaban J connectivity index is 2.84. The molecule has 0 aliphatic carbocycles. The smallest absolute Gasteiger partial charge is 0.337 e. The third-order valence-corrected chi connectivity index (χ3v) is 1.92. The summed E-state index contributed by atoms with van der Waals surface area (Å²) in [4.78, 5) is 11.2. The maximum atomic E-state index is 11.2. The summed E-state index contributed by atoms with van der Waals surface area (Å²) in [6.45, 7) is 0. The fourth-order valence-electron chi connectivity index (χ4n) is 1.32. The van der Waals surface area contributed by atoms with Gasteiger partial charge in [0.15, 0.2) is 0 Å². The van der Waals surface area contributed by atoms with E-state index < -0.39 is 5.63 Å².